The number of nitrogens with one attached hydrogen (secondary N) is 3. The number of amides is 2. The van der Waals surface area contributed by atoms with E-state index < -0.39 is 43.2 Å². The van der Waals surface area contributed by atoms with E-state index in [4.69, 9.17) is 14.7 Å². The molecule has 11 heteroatoms. The summed E-state index contributed by atoms with van der Waals surface area (Å²) in [5.41, 5.74) is 2.10. The molecule has 29 heavy (non-hydrogen) atoms. The first-order valence-electron chi connectivity index (χ1n) is 10.1. The van der Waals surface area contributed by atoms with Crippen molar-refractivity contribution in [3.63, 3.8) is 0 Å². The first-order chi connectivity index (χ1) is 13.9. The van der Waals surface area contributed by atoms with Gasteiger partial charge in [0.2, 0.25) is 11.8 Å². The maximum Gasteiger partial charge on any atom is 0.220 e. The molecule has 1 saturated heterocycles. The quantitative estimate of drug-likeness (QED) is 0.129. The van der Waals surface area contributed by atoms with Crippen LogP contribution in [0, 0.1) is 0 Å². The molecule has 170 valence electrons. The smallest absolute Gasteiger partial charge is 0.220 e. The van der Waals surface area contributed by atoms with E-state index in [1.54, 1.807) is 0 Å². The Morgan fingerprint density at radius 3 is 2.34 bits per heavy atom. The van der Waals surface area contributed by atoms with E-state index in [9.17, 15) is 24.9 Å². The largest absolute Gasteiger partial charge is 0.394 e. The van der Waals surface area contributed by atoms with Crippen LogP contribution < -0.4 is 16.1 Å². The summed E-state index contributed by atoms with van der Waals surface area (Å²) in [5.74, 6) is -0.523. The van der Waals surface area contributed by atoms with Gasteiger partial charge in [0.1, 0.15) is 24.4 Å². The lowest BCUT2D eigenvalue weighted by molar-refractivity contribution is -0.270. The Labute approximate surface area is 170 Å². The fourth-order valence-electron chi connectivity index (χ4n) is 3.04. The van der Waals surface area contributed by atoms with E-state index in [-0.39, 0.29) is 18.9 Å². The maximum absolute atomic E-state index is 11.8. The number of hydrogen-bond donors (Lipinski definition) is 7. The molecule has 2 amide bonds. The van der Waals surface area contributed by atoms with Crippen LogP contribution in [0.5, 0.6) is 0 Å². The number of rotatable bonds is 14. The Bertz CT molecular complexity index is 482. The van der Waals surface area contributed by atoms with Crippen molar-refractivity contribution in [1.82, 2.24) is 16.1 Å². The van der Waals surface area contributed by atoms with Crippen molar-refractivity contribution < 1.29 is 39.6 Å². The van der Waals surface area contributed by atoms with E-state index in [0.717, 1.165) is 25.7 Å². The molecular weight excluding hydrogens is 386 g/mol. The molecule has 11 nitrogen and oxygen atoms in total. The first kappa shape index (κ1) is 25.7. The van der Waals surface area contributed by atoms with Crippen LogP contribution in [-0.4, -0.2) is 89.3 Å². The molecule has 0 aliphatic carbocycles. The van der Waals surface area contributed by atoms with E-state index in [1.807, 2.05) is 0 Å². The van der Waals surface area contributed by atoms with Crippen LogP contribution in [0.3, 0.4) is 0 Å². The number of carbonyl (C=O) groups is 2. The normalized spacial score (nSPS) is 26.9. The van der Waals surface area contributed by atoms with Crippen molar-refractivity contribution in [2.45, 2.75) is 76.1 Å². The van der Waals surface area contributed by atoms with E-state index >= 15 is 0 Å². The van der Waals surface area contributed by atoms with Gasteiger partial charge in [-0.3, -0.25) is 9.59 Å². The molecule has 0 bridgehead atoms. The number of hydrogen-bond acceptors (Lipinski definition) is 9. The molecule has 1 fully saturated rings. The van der Waals surface area contributed by atoms with Crippen LogP contribution in [0.15, 0.2) is 0 Å². The van der Waals surface area contributed by atoms with E-state index in [2.05, 4.69) is 16.1 Å². The minimum absolute atomic E-state index is 0.0997. The zero-order valence-corrected chi connectivity index (χ0v) is 16.9. The molecule has 0 spiro atoms. The average molecular weight is 421 g/mol. The molecule has 5 unspecified atom stereocenters. The average Bonchev–Trinajstić information content (AvgIpc) is 2.69. The lowest BCUT2D eigenvalue weighted by Gasteiger charge is -2.42. The zero-order valence-electron chi connectivity index (χ0n) is 16.9. The molecule has 1 rings (SSSR count). The predicted octanol–water partition coefficient (Wildman–Crippen LogP) is -1.62. The van der Waals surface area contributed by atoms with Crippen molar-refractivity contribution >= 4 is 11.8 Å². The summed E-state index contributed by atoms with van der Waals surface area (Å²) in [4.78, 5) is 23.2. The monoisotopic (exact) mass is 421 g/mol. The van der Waals surface area contributed by atoms with Crippen molar-refractivity contribution in [3.05, 3.63) is 0 Å². The van der Waals surface area contributed by atoms with Gasteiger partial charge in [0, 0.05) is 26.4 Å². The molecule has 0 aromatic heterocycles. The molecule has 0 aromatic carbocycles. The molecule has 1 aliphatic rings. The van der Waals surface area contributed by atoms with Crippen molar-refractivity contribution in [3.8, 4) is 0 Å². The number of carbonyl (C=O) groups excluding carboxylic acids is 2. The lowest BCUT2D eigenvalue weighted by Crippen LogP contribution is -2.64. The third-order valence-corrected chi connectivity index (χ3v) is 4.62. The maximum atomic E-state index is 11.8. The third-order valence-electron chi connectivity index (χ3n) is 4.62. The number of aliphatic hydroxyl groups is 3. The molecule has 0 aromatic rings. The van der Waals surface area contributed by atoms with Crippen molar-refractivity contribution in [2.75, 3.05) is 26.3 Å². The second-order valence-corrected chi connectivity index (χ2v) is 7.08. The molecule has 0 radical (unpaired) electrons. The van der Waals surface area contributed by atoms with Crippen LogP contribution in [0.2, 0.25) is 0 Å². The summed E-state index contributed by atoms with van der Waals surface area (Å²) in [5, 5.41) is 43.1. The van der Waals surface area contributed by atoms with Crippen LogP contribution in [-0.2, 0) is 19.1 Å². The SMILES string of the molecule is CC(=O)NC1C(OCCCC(=O)NCCCCCCNO)OC(CO)C(O)C1O. The lowest BCUT2D eigenvalue weighted by atomic mass is 9.97. The van der Waals surface area contributed by atoms with Crippen LogP contribution in [0.1, 0.15) is 45.4 Å². The van der Waals surface area contributed by atoms with Crippen LogP contribution in [0.25, 0.3) is 0 Å². The fraction of sp³-hybridized carbons (Fsp3) is 0.889. The standard InChI is InChI=1S/C18H35N3O8/c1-12(23)21-15-17(26)16(25)13(11-22)29-18(15)28-10-6-7-14(24)19-8-4-2-3-5-9-20-27/h13,15-18,20,22,25-27H,2-11H2,1H3,(H,19,24)(H,21,23). The molecule has 5 atom stereocenters. The minimum Gasteiger partial charge on any atom is -0.394 e. The Kier molecular flexibility index (Phi) is 12.9. The predicted molar refractivity (Wildman–Crippen MR) is 102 cm³/mol. The van der Waals surface area contributed by atoms with Gasteiger partial charge in [0.05, 0.1) is 13.2 Å². The van der Waals surface area contributed by atoms with Crippen molar-refractivity contribution in [2.24, 2.45) is 0 Å². The van der Waals surface area contributed by atoms with Gasteiger partial charge >= 0.3 is 0 Å². The number of ether oxygens (including phenoxy) is 2. The summed E-state index contributed by atoms with van der Waals surface area (Å²) in [7, 11) is 0. The van der Waals surface area contributed by atoms with Gasteiger partial charge in [-0.1, -0.05) is 12.8 Å². The second-order valence-electron chi connectivity index (χ2n) is 7.08. The Morgan fingerprint density at radius 2 is 1.72 bits per heavy atom. The highest BCUT2D eigenvalue weighted by Gasteiger charge is 2.45. The molecule has 1 aliphatic heterocycles. The summed E-state index contributed by atoms with van der Waals surface area (Å²) in [6.07, 6.45) is -0.448. The minimum atomic E-state index is -1.36. The fourth-order valence-corrected chi connectivity index (χ4v) is 3.04. The number of aliphatic hydroxyl groups excluding tert-OH is 3. The van der Waals surface area contributed by atoms with Crippen LogP contribution >= 0.6 is 0 Å². The molecule has 7 N–H and O–H groups in total. The molecule has 0 saturated carbocycles. The highest BCUT2D eigenvalue weighted by Crippen LogP contribution is 2.22. The summed E-state index contributed by atoms with van der Waals surface area (Å²) >= 11 is 0. The Hall–Kier alpha value is -1.34. The van der Waals surface area contributed by atoms with Gasteiger partial charge in [-0.2, -0.15) is 0 Å². The topological polar surface area (TPSA) is 170 Å². The number of unbranched alkanes of at least 4 members (excludes halogenated alkanes) is 3. The van der Waals surface area contributed by atoms with E-state index in [0.29, 0.717) is 19.5 Å². The van der Waals surface area contributed by atoms with Gasteiger partial charge in [0.25, 0.3) is 0 Å². The zero-order chi connectivity index (χ0) is 21.6. The van der Waals surface area contributed by atoms with Crippen molar-refractivity contribution in [1.29, 1.82) is 0 Å². The van der Waals surface area contributed by atoms with Gasteiger partial charge < -0.3 is 40.6 Å². The Balaban J connectivity index is 2.27. The van der Waals surface area contributed by atoms with Crippen LogP contribution in [0.4, 0.5) is 0 Å². The second kappa shape index (κ2) is 14.6. The van der Waals surface area contributed by atoms with E-state index in [1.165, 1.54) is 6.92 Å². The summed E-state index contributed by atoms with van der Waals surface area (Å²) in [6.45, 7) is 2.05. The highest BCUT2D eigenvalue weighted by atomic mass is 16.7. The molecule has 1 heterocycles. The number of hydroxylamine groups is 1. The molecular formula is C18H35N3O8. The summed E-state index contributed by atoms with van der Waals surface area (Å²) in [6, 6.07) is -0.986. The highest BCUT2D eigenvalue weighted by molar-refractivity contribution is 5.75. The van der Waals surface area contributed by atoms with Gasteiger partial charge in [-0.25, -0.2) is 5.48 Å². The van der Waals surface area contributed by atoms with Gasteiger partial charge in [-0.15, -0.1) is 0 Å². The van der Waals surface area contributed by atoms with Gasteiger partial charge in [0.15, 0.2) is 6.29 Å². The Morgan fingerprint density at radius 1 is 1.03 bits per heavy atom. The summed E-state index contributed by atoms with van der Waals surface area (Å²) < 4.78 is 11.0. The first-order valence-corrected chi connectivity index (χ1v) is 10.1. The van der Waals surface area contributed by atoms with Gasteiger partial charge in [-0.05, 0) is 19.3 Å². The third kappa shape index (κ3) is 9.81.